The van der Waals surface area contributed by atoms with Gasteiger partial charge in [-0.25, -0.2) is 0 Å². The predicted molar refractivity (Wildman–Crippen MR) is 107 cm³/mol. The van der Waals surface area contributed by atoms with Gasteiger partial charge in [-0.2, -0.15) is 0 Å². The van der Waals surface area contributed by atoms with Gasteiger partial charge in [0, 0.05) is 6.54 Å². The molecular formula is C20H30N4O4. The van der Waals surface area contributed by atoms with Crippen molar-refractivity contribution in [2.75, 3.05) is 25.5 Å². The van der Waals surface area contributed by atoms with Crippen LogP contribution in [0, 0.1) is 12.8 Å². The molecule has 3 amide bonds. The Hall–Kier alpha value is -2.61. The summed E-state index contributed by atoms with van der Waals surface area (Å²) in [6.45, 7) is 5.91. The van der Waals surface area contributed by atoms with Gasteiger partial charge in [0.05, 0.1) is 25.4 Å². The third kappa shape index (κ3) is 5.22. The molecule has 1 aromatic rings. The Labute approximate surface area is 165 Å². The molecule has 1 heterocycles. The number of hydrogen-bond acceptors (Lipinski definition) is 5. The first-order valence-corrected chi connectivity index (χ1v) is 9.52. The summed E-state index contributed by atoms with van der Waals surface area (Å²) in [6.07, 6.45) is 1.30. The van der Waals surface area contributed by atoms with E-state index in [-0.39, 0.29) is 30.2 Å². The molecule has 4 N–H and O–H groups in total. The van der Waals surface area contributed by atoms with Crippen molar-refractivity contribution in [3.63, 3.8) is 0 Å². The summed E-state index contributed by atoms with van der Waals surface area (Å²) < 4.78 is 5.29. The molecule has 0 radical (unpaired) electrons. The minimum absolute atomic E-state index is 0.0234. The summed E-state index contributed by atoms with van der Waals surface area (Å²) in [6, 6.07) is 4.26. The van der Waals surface area contributed by atoms with Gasteiger partial charge in [-0.05, 0) is 43.4 Å². The number of amides is 3. The highest BCUT2D eigenvalue weighted by Crippen LogP contribution is 2.27. The lowest BCUT2D eigenvalue weighted by Gasteiger charge is -2.25. The molecule has 0 aromatic heterocycles. The van der Waals surface area contributed by atoms with E-state index in [1.165, 1.54) is 12.0 Å². The van der Waals surface area contributed by atoms with Crippen LogP contribution in [0.1, 0.15) is 32.3 Å². The molecule has 1 aliphatic heterocycles. The standard InChI is InChI=1S/C20H30N4O4/c1-12(2)18(21)20(27)22-11-17(25)24-9-5-6-15(24)19(26)23-14-10-13(3)7-8-16(14)28-4/h7-8,10,12,15,18H,5-6,9,11,21H2,1-4H3,(H,22,27)(H,23,26)/t15?,18-/m0/s1. The van der Waals surface area contributed by atoms with Crippen LogP contribution in [0.2, 0.25) is 0 Å². The molecule has 2 atom stereocenters. The largest absolute Gasteiger partial charge is 0.495 e. The van der Waals surface area contributed by atoms with E-state index in [0.717, 1.165) is 12.0 Å². The Balaban J connectivity index is 2.00. The number of rotatable bonds is 7. The zero-order chi connectivity index (χ0) is 20.8. The average Bonchev–Trinajstić information content (AvgIpc) is 3.15. The molecule has 28 heavy (non-hydrogen) atoms. The summed E-state index contributed by atoms with van der Waals surface area (Å²) in [5.41, 5.74) is 7.35. The van der Waals surface area contributed by atoms with Gasteiger partial charge in [0.1, 0.15) is 11.8 Å². The van der Waals surface area contributed by atoms with Crippen LogP contribution >= 0.6 is 0 Å². The lowest BCUT2D eigenvalue weighted by atomic mass is 10.1. The van der Waals surface area contributed by atoms with E-state index in [1.54, 1.807) is 6.07 Å². The molecule has 1 aliphatic rings. The summed E-state index contributed by atoms with van der Waals surface area (Å²) in [5, 5.41) is 5.43. The van der Waals surface area contributed by atoms with Gasteiger partial charge in [0.15, 0.2) is 0 Å². The average molecular weight is 390 g/mol. The second-order valence-electron chi connectivity index (χ2n) is 7.43. The Morgan fingerprint density at radius 3 is 2.68 bits per heavy atom. The SMILES string of the molecule is COc1ccc(C)cc1NC(=O)C1CCCN1C(=O)CNC(=O)[C@@H](N)C(C)C. The van der Waals surface area contributed by atoms with Crippen molar-refractivity contribution in [2.45, 2.75) is 45.7 Å². The van der Waals surface area contributed by atoms with E-state index in [0.29, 0.717) is 24.4 Å². The van der Waals surface area contributed by atoms with Crippen LogP contribution in [0.15, 0.2) is 18.2 Å². The first-order valence-electron chi connectivity index (χ1n) is 9.52. The Bertz CT molecular complexity index is 735. The first kappa shape index (κ1) is 21.7. The number of carbonyl (C=O) groups excluding carboxylic acids is 3. The number of nitrogens with one attached hydrogen (secondary N) is 2. The number of benzene rings is 1. The molecule has 2 rings (SSSR count). The van der Waals surface area contributed by atoms with Gasteiger partial charge in [0.25, 0.3) is 0 Å². The van der Waals surface area contributed by atoms with Crippen LogP contribution in [0.4, 0.5) is 5.69 Å². The molecule has 0 saturated carbocycles. The lowest BCUT2D eigenvalue weighted by Crippen LogP contribution is -2.50. The minimum atomic E-state index is -0.667. The highest BCUT2D eigenvalue weighted by atomic mass is 16.5. The van der Waals surface area contributed by atoms with Gasteiger partial charge in [-0.1, -0.05) is 19.9 Å². The maximum Gasteiger partial charge on any atom is 0.247 e. The van der Waals surface area contributed by atoms with Crippen LogP contribution < -0.4 is 21.1 Å². The Morgan fingerprint density at radius 1 is 1.32 bits per heavy atom. The van der Waals surface area contributed by atoms with Gasteiger partial charge in [0.2, 0.25) is 17.7 Å². The fourth-order valence-corrected chi connectivity index (χ4v) is 3.16. The van der Waals surface area contributed by atoms with Crippen molar-refractivity contribution in [3.8, 4) is 5.75 Å². The number of carbonyl (C=O) groups is 3. The second-order valence-corrected chi connectivity index (χ2v) is 7.43. The van der Waals surface area contributed by atoms with Crippen molar-refractivity contribution in [3.05, 3.63) is 23.8 Å². The predicted octanol–water partition coefficient (Wildman–Crippen LogP) is 1.03. The zero-order valence-electron chi connectivity index (χ0n) is 17.0. The Morgan fingerprint density at radius 2 is 2.04 bits per heavy atom. The molecule has 1 fully saturated rings. The molecule has 1 saturated heterocycles. The van der Waals surface area contributed by atoms with Crippen molar-refractivity contribution in [1.29, 1.82) is 0 Å². The van der Waals surface area contributed by atoms with Crippen molar-refractivity contribution < 1.29 is 19.1 Å². The van der Waals surface area contributed by atoms with Crippen LogP contribution in [-0.2, 0) is 14.4 Å². The number of nitrogens with two attached hydrogens (primary N) is 1. The van der Waals surface area contributed by atoms with E-state index in [9.17, 15) is 14.4 Å². The third-order valence-corrected chi connectivity index (χ3v) is 4.92. The van der Waals surface area contributed by atoms with Crippen LogP contribution in [0.3, 0.4) is 0 Å². The normalized spacial score (nSPS) is 17.4. The summed E-state index contributed by atoms with van der Waals surface area (Å²) in [4.78, 5) is 38.8. The smallest absolute Gasteiger partial charge is 0.247 e. The highest BCUT2D eigenvalue weighted by molar-refractivity contribution is 5.99. The number of nitrogens with zero attached hydrogens (tertiary/aromatic N) is 1. The number of methoxy groups -OCH3 is 1. The maximum atomic E-state index is 12.8. The number of anilines is 1. The molecule has 8 heteroatoms. The second kappa shape index (κ2) is 9.54. The van der Waals surface area contributed by atoms with E-state index in [4.69, 9.17) is 10.5 Å². The fraction of sp³-hybridized carbons (Fsp3) is 0.550. The molecule has 1 unspecified atom stereocenters. The summed E-state index contributed by atoms with van der Waals surface area (Å²) >= 11 is 0. The molecular weight excluding hydrogens is 360 g/mol. The van der Waals surface area contributed by atoms with Crippen molar-refractivity contribution >= 4 is 23.4 Å². The minimum Gasteiger partial charge on any atom is -0.495 e. The maximum absolute atomic E-state index is 12.8. The van der Waals surface area contributed by atoms with Gasteiger partial charge in [-0.3, -0.25) is 14.4 Å². The van der Waals surface area contributed by atoms with E-state index in [1.807, 2.05) is 32.9 Å². The molecule has 0 aliphatic carbocycles. The van der Waals surface area contributed by atoms with Gasteiger partial charge < -0.3 is 26.0 Å². The quantitative estimate of drug-likeness (QED) is 0.644. The first-order chi connectivity index (χ1) is 13.2. The van der Waals surface area contributed by atoms with Crippen molar-refractivity contribution in [2.24, 2.45) is 11.7 Å². The van der Waals surface area contributed by atoms with Gasteiger partial charge >= 0.3 is 0 Å². The van der Waals surface area contributed by atoms with Crippen molar-refractivity contribution in [1.82, 2.24) is 10.2 Å². The molecule has 1 aromatic carbocycles. The zero-order valence-corrected chi connectivity index (χ0v) is 17.0. The Kier molecular flexibility index (Phi) is 7.39. The topological polar surface area (TPSA) is 114 Å². The molecule has 0 spiro atoms. The molecule has 0 bridgehead atoms. The van der Waals surface area contributed by atoms with E-state index in [2.05, 4.69) is 10.6 Å². The highest BCUT2D eigenvalue weighted by Gasteiger charge is 2.34. The lowest BCUT2D eigenvalue weighted by molar-refractivity contribution is -0.137. The molecule has 154 valence electrons. The van der Waals surface area contributed by atoms with Crippen LogP contribution in [0.25, 0.3) is 0 Å². The van der Waals surface area contributed by atoms with E-state index >= 15 is 0 Å². The number of aryl methyl sites for hydroxylation is 1. The van der Waals surface area contributed by atoms with Crippen LogP contribution in [-0.4, -0.2) is 54.9 Å². The summed E-state index contributed by atoms with van der Waals surface area (Å²) in [7, 11) is 1.54. The monoisotopic (exact) mass is 390 g/mol. The third-order valence-electron chi connectivity index (χ3n) is 4.92. The van der Waals surface area contributed by atoms with Crippen LogP contribution in [0.5, 0.6) is 5.75 Å². The van der Waals surface area contributed by atoms with Gasteiger partial charge in [-0.15, -0.1) is 0 Å². The van der Waals surface area contributed by atoms with E-state index < -0.39 is 12.1 Å². The molecule has 8 nitrogen and oxygen atoms in total. The fourth-order valence-electron chi connectivity index (χ4n) is 3.16. The summed E-state index contributed by atoms with van der Waals surface area (Å²) in [5.74, 6) is -0.388. The number of likely N-dealkylation sites (tertiary alicyclic amines) is 1. The number of hydrogen-bond donors (Lipinski definition) is 3. The number of ether oxygens (including phenoxy) is 1.